The van der Waals surface area contributed by atoms with Gasteiger partial charge in [0.15, 0.2) is 5.11 Å². The molecule has 148 valence electrons. The Labute approximate surface area is 176 Å². The first-order valence-corrected chi connectivity index (χ1v) is 9.77. The first kappa shape index (κ1) is 20.6. The predicted molar refractivity (Wildman–Crippen MR) is 121 cm³/mol. The molecular weight excluding hydrogens is 380 g/mol. The number of nitrogens with one attached hydrogen (secondary N) is 2. The van der Waals surface area contributed by atoms with Crippen LogP contribution in [0.4, 0.5) is 5.69 Å². The number of hydrogen-bond acceptors (Lipinski definition) is 3. The van der Waals surface area contributed by atoms with Crippen molar-refractivity contribution in [3.8, 4) is 0 Å². The molecule has 0 aromatic heterocycles. The topological polar surface area (TPSA) is 50.4 Å². The highest BCUT2D eigenvalue weighted by Gasteiger charge is 2.17. The molecule has 3 aromatic rings. The molecule has 0 aliphatic heterocycles. The Balaban J connectivity index is 1.84. The number of anilines is 1. The van der Waals surface area contributed by atoms with Gasteiger partial charge in [-0.2, -0.15) is 0 Å². The number of thiocarbonyl (C=S) groups is 1. The van der Waals surface area contributed by atoms with Gasteiger partial charge in [-0.15, -0.1) is 0 Å². The van der Waals surface area contributed by atoms with Gasteiger partial charge in [0.05, 0.1) is 18.7 Å². The average molecular weight is 405 g/mol. The number of aryl methyl sites for hydroxylation is 1. The highest BCUT2D eigenvalue weighted by atomic mass is 32.1. The van der Waals surface area contributed by atoms with Crippen LogP contribution in [-0.4, -0.2) is 18.2 Å². The van der Waals surface area contributed by atoms with Gasteiger partial charge < -0.3 is 15.4 Å². The van der Waals surface area contributed by atoms with E-state index in [0.717, 1.165) is 22.4 Å². The fourth-order valence-electron chi connectivity index (χ4n) is 3.16. The quantitative estimate of drug-likeness (QED) is 0.454. The standard InChI is InChI=1S/C24H24N2O2S/c1-16-12-14-19(15-13-16)22(18-8-5-4-6-9-18)26-24(29)25-21-11-7-10-20(17(21)2)23(27)28-3/h4-15,22H,1-3H3,(H2,25,26,29)/t22-/m0/s1. The zero-order valence-electron chi connectivity index (χ0n) is 16.7. The Kier molecular flexibility index (Phi) is 6.62. The third-order valence-electron chi connectivity index (χ3n) is 4.81. The van der Waals surface area contributed by atoms with Gasteiger partial charge in [0.25, 0.3) is 0 Å². The van der Waals surface area contributed by atoms with Crippen LogP contribution in [0.2, 0.25) is 0 Å². The molecule has 5 heteroatoms. The maximum atomic E-state index is 11.9. The zero-order chi connectivity index (χ0) is 20.8. The van der Waals surface area contributed by atoms with Gasteiger partial charge in [0.2, 0.25) is 0 Å². The van der Waals surface area contributed by atoms with Crippen molar-refractivity contribution < 1.29 is 9.53 Å². The second-order valence-electron chi connectivity index (χ2n) is 6.82. The molecule has 0 fully saturated rings. The molecule has 3 aromatic carbocycles. The Hall–Kier alpha value is -3.18. The summed E-state index contributed by atoms with van der Waals surface area (Å²) in [6.07, 6.45) is 0. The molecule has 0 bridgehead atoms. The minimum atomic E-state index is -0.369. The summed E-state index contributed by atoms with van der Waals surface area (Å²) in [5.41, 5.74) is 5.50. The van der Waals surface area contributed by atoms with Crippen molar-refractivity contribution >= 4 is 29.0 Å². The number of carbonyl (C=O) groups excluding carboxylic acids is 1. The van der Waals surface area contributed by atoms with Crippen LogP contribution in [0.5, 0.6) is 0 Å². The Morgan fingerprint density at radius 2 is 1.55 bits per heavy atom. The Morgan fingerprint density at radius 1 is 0.897 bits per heavy atom. The van der Waals surface area contributed by atoms with Crippen molar-refractivity contribution in [3.63, 3.8) is 0 Å². The lowest BCUT2D eigenvalue weighted by Crippen LogP contribution is -2.33. The molecule has 0 spiro atoms. The van der Waals surface area contributed by atoms with Crippen LogP contribution in [0.15, 0.2) is 72.8 Å². The molecule has 0 heterocycles. The van der Waals surface area contributed by atoms with Crippen LogP contribution < -0.4 is 10.6 Å². The van der Waals surface area contributed by atoms with Crippen LogP contribution in [0.25, 0.3) is 0 Å². The number of benzene rings is 3. The average Bonchev–Trinajstić information content (AvgIpc) is 2.74. The van der Waals surface area contributed by atoms with Gasteiger partial charge in [0, 0.05) is 5.69 Å². The summed E-state index contributed by atoms with van der Waals surface area (Å²) in [4.78, 5) is 11.9. The summed E-state index contributed by atoms with van der Waals surface area (Å²) in [6.45, 7) is 3.93. The molecule has 0 aliphatic carbocycles. The third-order valence-corrected chi connectivity index (χ3v) is 5.03. The monoisotopic (exact) mass is 404 g/mol. The maximum absolute atomic E-state index is 11.9. The summed E-state index contributed by atoms with van der Waals surface area (Å²) in [5.74, 6) is -0.369. The first-order chi connectivity index (χ1) is 14.0. The van der Waals surface area contributed by atoms with E-state index in [1.807, 2.05) is 31.2 Å². The van der Waals surface area contributed by atoms with E-state index in [1.165, 1.54) is 12.7 Å². The second kappa shape index (κ2) is 9.34. The fraction of sp³-hybridized carbons (Fsp3) is 0.167. The molecule has 2 N–H and O–H groups in total. The molecule has 0 saturated carbocycles. The van der Waals surface area contributed by atoms with Crippen molar-refractivity contribution in [2.75, 3.05) is 12.4 Å². The van der Waals surface area contributed by atoms with Gasteiger partial charge >= 0.3 is 5.97 Å². The fourth-order valence-corrected chi connectivity index (χ4v) is 3.38. The van der Waals surface area contributed by atoms with Crippen LogP contribution in [0.1, 0.15) is 38.7 Å². The van der Waals surface area contributed by atoms with E-state index in [1.54, 1.807) is 12.1 Å². The molecule has 4 nitrogen and oxygen atoms in total. The highest BCUT2D eigenvalue weighted by Crippen LogP contribution is 2.24. The Morgan fingerprint density at radius 3 is 2.21 bits per heavy atom. The summed E-state index contributed by atoms with van der Waals surface area (Å²) < 4.78 is 4.85. The number of rotatable bonds is 5. The van der Waals surface area contributed by atoms with E-state index < -0.39 is 0 Å². The van der Waals surface area contributed by atoms with E-state index in [-0.39, 0.29) is 12.0 Å². The van der Waals surface area contributed by atoms with E-state index >= 15 is 0 Å². The van der Waals surface area contributed by atoms with Gasteiger partial charge in [-0.25, -0.2) is 4.79 Å². The van der Waals surface area contributed by atoms with Crippen molar-refractivity contribution in [2.24, 2.45) is 0 Å². The van der Waals surface area contributed by atoms with Crippen molar-refractivity contribution in [1.82, 2.24) is 5.32 Å². The minimum absolute atomic E-state index is 0.0964. The molecule has 1 atom stereocenters. The number of methoxy groups -OCH3 is 1. The largest absolute Gasteiger partial charge is 0.465 e. The lowest BCUT2D eigenvalue weighted by atomic mass is 9.98. The molecule has 0 saturated heterocycles. The summed E-state index contributed by atoms with van der Waals surface area (Å²) in [7, 11) is 1.38. The number of carbonyl (C=O) groups is 1. The van der Waals surface area contributed by atoms with Gasteiger partial charge in [-0.1, -0.05) is 66.2 Å². The Bertz CT molecular complexity index is 1000. The lowest BCUT2D eigenvalue weighted by molar-refractivity contribution is 0.0600. The van der Waals surface area contributed by atoms with Crippen molar-refractivity contribution in [2.45, 2.75) is 19.9 Å². The van der Waals surface area contributed by atoms with Gasteiger partial charge in [-0.05, 0) is 54.9 Å². The molecule has 29 heavy (non-hydrogen) atoms. The molecule has 3 rings (SSSR count). The van der Waals surface area contributed by atoms with Gasteiger partial charge in [0.1, 0.15) is 0 Å². The second-order valence-corrected chi connectivity index (χ2v) is 7.23. The predicted octanol–water partition coefficient (Wildman–Crippen LogP) is 5.17. The minimum Gasteiger partial charge on any atom is -0.465 e. The molecule has 0 radical (unpaired) electrons. The van der Waals surface area contributed by atoms with E-state index in [4.69, 9.17) is 17.0 Å². The van der Waals surface area contributed by atoms with E-state index in [2.05, 4.69) is 54.0 Å². The van der Waals surface area contributed by atoms with Crippen LogP contribution in [-0.2, 0) is 4.74 Å². The molecule has 0 aliphatic rings. The van der Waals surface area contributed by atoms with Gasteiger partial charge in [-0.3, -0.25) is 0 Å². The lowest BCUT2D eigenvalue weighted by Gasteiger charge is -2.23. The van der Waals surface area contributed by atoms with Crippen molar-refractivity contribution in [1.29, 1.82) is 0 Å². The van der Waals surface area contributed by atoms with E-state index in [0.29, 0.717) is 10.7 Å². The zero-order valence-corrected chi connectivity index (χ0v) is 17.5. The van der Waals surface area contributed by atoms with Crippen LogP contribution >= 0.6 is 12.2 Å². The number of hydrogen-bond donors (Lipinski definition) is 2. The highest BCUT2D eigenvalue weighted by molar-refractivity contribution is 7.80. The first-order valence-electron chi connectivity index (χ1n) is 9.36. The SMILES string of the molecule is COC(=O)c1cccc(NC(=S)N[C@@H](c2ccccc2)c2ccc(C)cc2)c1C. The number of esters is 1. The summed E-state index contributed by atoms with van der Waals surface area (Å²) in [6, 6.07) is 23.9. The third kappa shape index (κ3) is 5.00. The van der Waals surface area contributed by atoms with Crippen LogP contribution in [0.3, 0.4) is 0 Å². The molecular formula is C24H24N2O2S. The molecule has 0 amide bonds. The van der Waals surface area contributed by atoms with E-state index in [9.17, 15) is 4.79 Å². The number of ether oxygens (including phenoxy) is 1. The molecule has 0 unspecified atom stereocenters. The summed E-state index contributed by atoms with van der Waals surface area (Å²) in [5, 5.41) is 7.11. The normalized spacial score (nSPS) is 11.4. The van der Waals surface area contributed by atoms with Crippen molar-refractivity contribution in [3.05, 3.63) is 101 Å². The smallest absolute Gasteiger partial charge is 0.338 e. The van der Waals surface area contributed by atoms with Crippen LogP contribution in [0, 0.1) is 13.8 Å². The summed E-state index contributed by atoms with van der Waals surface area (Å²) >= 11 is 5.60. The maximum Gasteiger partial charge on any atom is 0.338 e.